The van der Waals surface area contributed by atoms with Crippen LogP contribution in [-0.4, -0.2) is 71.0 Å². The predicted octanol–water partition coefficient (Wildman–Crippen LogP) is 2.26. The third kappa shape index (κ3) is 5.01. The van der Waals surface area contributed by atoms with E-state index in [2.05, 4.69) is 9.97 Å². The number of nitrogens with zero attached hydrogens (tertiary/aromatic N) is 4. The first-order chi connectivity index (χ1) is 14.1. The second-order valence-corrected chi connectivity index (χ2v) is 6.62. The first-order valence-electron chi connectivity index (χ1n) is 9.88. The summed E-state index contributed by atoms with van der Waals surface area (Å²) in [5.41, 5.74) is 0.863. The van der Waals surface area contributed by atoms with E-state index < -0.39 is 0 Å². The van der Waals surface area contributed by atoms with Crippen molar-refractivity contribution in [2.45, 2.75) is 20.3 Å². The summed E-state index contributed by atoms with van der Waals surface area (Å²) >= 11 is 0. The monoisotopic (exact) mass is 398 g/mol. The number of rotatable bonds is 7. The summed E-state index contributed by atoms with van der Waals surface area (Å²) in [4.78, 5) is 36.8. The molecule has 154 valence electrons. The summed E-state index contributed by atoms with van der Waals surface area (Å²) in [6, 6.07) is 5.27. The Labute approximate surface area is 170 Å². The van der Waals surface area contributed by atoms with Crippen molar-refractivity contribution in [2.75, 3.05) is 39.4 Å². The summed E-state index contributed by atoms with van der Waals surface area (Å²) in [5, 5.41) is 0. The van der Waals surface area contributed by atoms with Gasteiger partial charge in [0.15, 0.2) is 11.5 Å². The quantitative estimate of drug-likeness (QED) is 0.711. The van der Waals surface area contributed by atoms with Crippen molar-refractivity contribution in [1.82, 2.24) is 19.8 Å². The van der Waals surface area contributed by atoms with Gasteiger partial charge in [-0.05, 0) is 31.5 Å². The molecule has 0 unspecified atom stereocenters. The average Bonchev–Trinajstić information content (AvgIpc) is 2.78. The lowest BCUT2D eigenvalue weighted by Crippen LogP contribution is -2.50. The van der Waals surface area contributed by atoms with Crippen LogP contribution in [0.2, 0.25) is 0 Å². The molecular formula is C21H26N4O4. The van der Waals surface area contributed by atoms with Crippen LogP contribution >= 0.6 is 0 Å². The molecule has 2 aromatic rings. The number of piperazine rings is 1. The number of carbonyl (C=O) groups is 2. The van der Waals surface area contributed by atoms with Gasteiger partial charge in [0, 0.05) is 44.1 Å². The van der Waals surface area contributed by atoms with Crippen LogP contribution in [-0.2, 0) is 0 Å². The largest absolute Gasteiger partial charge is 0.490 e. The molecule has 0 atom stereocenters. The Kier molecular flexibility index (Phi) is 6.99. The molecule has 8 heteroatoms. The average molecular weight is 398 g/mol. The number of hydrogen-bond acceptors (Lipinski definition) is 6. The summed E-state index contributed by atoms with van der Waals surface area (Å²) in [5.74, 6) is 0.966. The van der Waals surface area contributed by atoms with Crippen LogP contribution in [0.5, 0.6) is 11.5 Å². The Balaban J connectivity index is 1.64. The van der Waals surface area contributed by atoms with Crippen LogP contribution in [0.15, 0.2) is 36.8 Å². The molecule has 2 heterocycles. The van der Waals surface area contributed by atoms with Gasteiger partial charge >= 0.3 is 0 Å². The summed E-state index contributed by atoms with van der Waals surface area (Å²) in [6.45, 7) is 6.84. The van der Waals surface area contributed by atoms with E-state index in [4.69, 9.17) is 9.47 Å². The molecule has 1 aromatic carbocycles. The second kappa shape index (κ2) is 9.86. The molecule has 29 heavy (non-hydrogen) atoms. The Morgan fingerprint density at radius 2 is 1.69 bits per heavy atom. The highest BCUT2D eigenvalue weighted by molar-refractivity contribution is 5.95. The van der Waals surface area contributed by atoms with Gasteiger partial charge in [0.1, 0.15) is 5.69 Å². The second-order valence-electron chi connectivity index (χ2n) is 6.62. The minimum atomic E-state index is -0.166. The fraction of sp³-hybridized carbons (Fsp3) is 0.429. The van der Waals surface area contributed by atoms with Gasteiger partial charge in [-0.3, -0.25) is 14.6 Å². The lowest BCUT2D eigenvalue weighted by Gasteiger charge is -2.34. The Hall–Kier alpha value is -3.16. The van der Waals surface area contributed by atoms with E-state index in [-0.39, 0.29) is 11.8 Å². The van der Waals surface area contributed by atoms with Crippen molar-refractivity contribution in [1.29, 1.82) is 0 Å². The van der Waals surface area contributed by atoms with Gasteiger partial charge in [0.2, 0.25) is 0 Å². The van der Waals surface area contributed by atoms with Crippen LogP contribution in [0.3, 0.4) is 0 Å². The van der Waals surface area contributed by atoms with Crippen molar-refractivity contribution in [3.63, 3.8) is 0 Å². The lowest BCUT2D eigenvalue weighted by molar-refractivity contribution is 0.0532. The van der Waals surface area contributed by atoms with E-state index in [0.717, 1.165) is 6.42 Å². The molecule has 1 aliphatic heterocycles. The lowest BCUT2D eigenvalue weighted by atomic mass is 10.1. The number of amides is 2. The number of ether oxygens (including phenoxy) is 2. The van der Waals surface area contributed by atoms with Crippen LogP contribution in [0, 0.1) is 0 Å². The highest BCUT2D eigenvalue weighted by Gasteiger charge is 2.26. The Morgan fingerprint density at radius 3 is 2.31 bits per heavy atom. The SMILES string of the molecule is CCCOc1ccc(C(=O)N2CCN(C(=O)c3cnccn3)CC2)cc1OCC. The zero-order valence-electron chi connectivity index (χ0n) is 16.8. The number of aromatic nitrogens is 2. The van der Waals surface area contributed by atoms with E-state index in [1.807, 2.05) is 13.8 Å². The standard InChI is InChI=1S/C21H26N4O4/c1-3-13-29-18-6-5-16(14-19(18)28-4-2)20(26)24-9-11-25(12-10-24)21(27)17-15-22-7-8-23-17/h5-8,14-15H,3-4,9-13H2,1-2H3. The maximum absolute atomic E-state index is 12.9. The topological polar surface area (TPSA) is 84.9 Å². The van der Waals surface area contributed by atoms with E-state index >= 15 is 0 Å². The molecule has 3 rings (SSSR count). The third-order valence-electron chi connectivity index (χ3n) is 4.59. The fourth-order valence-electron chi connectivity index (χ4n) is 3.11. The molecular weight excluding hydrogens is 372 g/mol. The summed E-state index contributed by atoms with van der Waals surface area (Å²) < 4.78 is 11.3. The van der Waals surface area contributed by atoms with Gasteiger partial charge in [-0.15, -0.1) is 0 Å². The van der Waals surface area contributed by atoms with Gasteiger partial charge < -0.3 is 19.3 Å². The Bertz CT molecular complexity index is 836. The van der Waals surface area contributed by atoms with Gasteiger partial charge in [-0.2, -0.15) is 0 Å². The zero-order valence-corrected chi connectivity index (χ0v) is 16.8. The minimum Gasteiger partial charge on any atom is -0.490 e. The normalized spacial score (nSPS) is 13.9. The van der Waals surface area contributed by atoms with Crippen LogP contribution in [0.4, 0.5) is 0 Å². The number of hydrogen-bond donors (Lipinski definition) is 0. The molecule has 0 saturated carbocycles. The predicted molar refractivity (Wildman–Crippen MR) is 107 cm³/mol. The zero-order chi connectivity index (χ0) is 20.6. The van der Waals surface area contributed by atoms with E-state index in [0.29, 0.717) is 62.1 Å². The molecule has 1 aliphatic rings. The van der Waals surface area contributed by atoms with Crippen LogP contribution < -0.4 is 9.47 Å². The molecule has 1 aromatic heterocycles. The van der Waals surface area contributed by atoms with Crippen LogP contribution in [0.1, 0.15) is 41.1 Å². The van der Waals surface area contributed by atoms with Gasteiger partial charge in [-0.25, -0.2) is 4.98 Å². The number of carbonyl (C=O) groups excluding carboxylic acids is 2. The molecule has 0 aliphatic carbocycles. The fourth-order valence-corrected chi connectivity index (χ4v) is 3.11. The van der Waals surface area contributed by atoms with Gasteiger partial charge in [0.05, 0.1) is 19.4 Å². The van der Waals surface area contributed by atoms with Crippen molar-refractivity contribution in [3.05, 3.63) is 48.0 Å². The first-order valence-corrected chi connectivity index (χ1v) is 9.88. The molecule has 0 spiro atoms. The molecule has 8 nitrogen and oxygen atoms in total. The minimum absolute atomic E-state index is 0.0837. The van der Waals surface area contributed by atoms with E-state index in [1.165, 1.54) is 18.6 Å². The van der Waals surface area contributed by atoms with Crippen molar-refractivity contribution < 1.29 is 19.1 Å². The maximum Gasteiger partial charge on any atom is 0.274 e. The summed E-state index contributed by atoms with van der Waals surface area (Å²) in [7, 11) is 0. The van der Waals surface area contributed by atoms with Crippen molar-refractivity contribution >= 4 is 11.8 Å². The summed E-state index contributed by atoms with van der Waals surface area (Å²) in [6.07, 6.45) is 5.38. The highest BCUT2D eigenvalue weighted by Crippen LogP contribution is 2.29. The van der Waals surface area contributed by atoms with Gasteiger partial charge in [0.25, 0.3) is 11.8 Å². The number of benzene rings is 1. The third-order valence-corrected chi connectivity index (χ3v) is 4.59. The Morgan fingerprint density at radius 1 is 0.966 bits per heavy atom. The highest BCUT2D eigenvalue weighted by atomic mass is 16.5. The molecule has 1 saturated heterocycles. The van der Waals surface area contributed by atoms with Crippen molar-refractivity contribution in [2.24, 2.45) is 0 Å². The van der Waals surface area contributed by atoms with E-state index in [9.17, 15) is 9.59 Å². The molecule has 1 fully saturated rings. The van der Waals surface area contributed by atoms with Crippen molar-refractivity contribution in [3.8, 4) is 11.5 Å². The molecule has 0 radical (unpaired) electrons. The first kappa shape index (κ1) is 20.6. The smallest absolute Gasteiger partial charge is 0.274 e. The van der Waals surface area contributed by atoms with Gasteiger partial charge in [-0.1, -0.05) is 6.92 Å². The molecule has 2 amide bonds. The molecule has 0 bridgehead atoms. The van der Waals surface area contributed by atoms with E-state index in [1.54, 1.807) is 28.0 Å². The maximum atomic E-state index is 12.9. The van der Waals surface area contributed by atoms with Crippen LogP contribution in [0.25, 0.3) is 0 Å². The molecule has 0 N–H and O–H groups in total.